The Morgan fingerprint density at radius 3 is 2.20 bits per heavy atom. The van der Waals surface area contributed by atoms with Gasteiger partial charge in [-0.15, -0.1) is 0 Å². The minimum absolute atomic E-state index is 0.150. The van der Waals surface area contributed by atoms with Crippen molar-refractivity contribution >= 4 is 11.6 Å². The maximum atomic E-state index is 12.5. The van der Waals surface area contributed by atoms with E-state index in [1.165, 1.54) is 19.2 Å². The molecular formula is C16H12O4. The van der Waals surface area contributed by atoms with Gasteiger partial charge >= 0.3 is 0 Å². The van der Waals surface area contributed by atoms with Crippen molar-refractivity contribution in [3.05, 3.63) is 58.1 Å². The van der Waals surface area contributed by atoms with Crippen LogP contribution in [0.4, 0.5) is 0 Å². The molecule has 0 fully saturated rings. The first-order valence-electron chi connectivity index (χ1n) is 6.14. The van der Waals surface area contributed by atoms with Crippen LogP contribution in [0.2, 0.25) is 0 Å². The molecule has 2 aromatic rings. The number of phenols is 1. The Bertz CT molecular complexity index is 759. The Morgan fingerprint density at radius 2 is 1.50 bits per heavy atom. The van der Waals surface area contributed by atoms with Gasteiger partial charge in [0.25, 0.3) is 0 Å². The number of rotatable bonds is 1. The molecule has 1 aliphatic rings. The van der Waals surface area contributed by atoms with Gasteiger partial charge in [-0.1, -0.05) is 17.7 Å². The Morgan fingerprint density at radius 1 is 0.900 bits per heavy atom. The molecule has 0 aromatic heterocycles. The van der Waals surface area contributed by atoms with Gasteiger partial charge in [-0.3, -0.25) is 9.59 Å². The molecule has 4 nitrogen and oxygen atoms in total. The lowest BCUT2D eigenvalue weighted by Gasteiger charge is -2.19. The minimum Gasteiger partial charge on any atom is -0.504 e. The van der Waals surface area contributed by atoms with Gasteiger partial charge < -0.3 is 9.84 Å². The molecule has 4 heteroatoms. The van der Waals surface area contributed by atoms with Crippen molar-refractivity contribution in [2.24, 2.45) is 0 Å². The van der Waals surface area contributed by atoms with E-state index in [4.69, 9.17) is 4.74 Å². The van der Waals surface area contributed by atoms with Gasteiger partial charge in [0.2, 0.25) is 0 Å². The van der Waals surface area contributed by atoms with E-state index < -0.39 is 0 Å². The summed E-state index contributed by atoms with van der Waals surface area (Å²) in [6.07, 6.45) is 0. The number of carbonyl (C=O) groups is 2. The molecule has 0 unspecified atom stereocenters. The highest BCUT2D eigenvalue weighted by atomic mass is 16.5. The van der Waals surface area contributed by atoms with Gasteiger partial charge in [-0.25, -0.2) is 0 Å². The topological polar surface area (TPSA) is 63.6 Å². The van der Waals surface area contributed by atoms with E-state index in [0.717, 1.165) is 5.56 Å². The fraction of sp³-hybridized carbons (Fsp3) is 0.125. The predicted molar refractivity (Wildman–Crippen MR) is 72.7 cm³/mol. The van der Waals surface area contributed by atoms with E-state index in [-0.39, 0.29) is 34.2 Å². The number of hydrogen-bond donors (Lipinski definition) is 1. The van der Waals surface area contributed by atoms with Crippen molar-refractivity contribution < 1.29 is 19.4 Å². The van der Waals surface area contributed by atoms with E-state index in [1.54, 1.807) is 18.2 Å². The van der Waals surface area contributed by atoms with Crippen molar-refractivity contribution in [2.45, 2.75) is 6.92 Å². The number of fused-ring (bicyclic) bond motifs is 2. The number of aromatic hydroxyl groups is 1. The van der Waals surface area contributed by atoms with E-state index >= 15 is 0 Å². The Kier molecular flexibility index (Phi) is 2.61. The molecule has 0 saturated heterocycles. The van der Waals surface area contributed by atoms with Crippen molar-refractivity contribution in [3.8, 4) is 11.5 Å². The van der Waals surface area contributed by atoms with Gasteiger partial charge in [0.1, 0.15) is 0 Å². The summed E-state index contributed by atoms with van der Waals surface area (Å²) in [5, 5.41) is 9.77. The molecule has 20 heavy (non-hydrogen) atoms. The average Bonchev–Trinajstić information content (AvgIpc) is 2.44. The number of methoxy groups -OCH3 is 1. The summed E-state index contributed by atoms with van der Waals surface area (Å²) in [6, 6.07) is 7.85. The lowest BCUT2D eigenvalue weighted by Crippen LogP contribution is -2.21. The summed E-state index contributed by atoms with van der Waals surface area (Å²) in [7, 11) is 1.40. The highest BCUT2D eigenvalue weighted by Crippen LogP contribution is 2.35. The second-order valence-electron chi connectivity index (χ2n) is 4.78. The molecule has 0 spiro atoms. The number of ether oxygens (including phenoxy) is 1. The third-order valence-corrected chi connectivity index (χ3v) is 3.47. The maximum absolute atomic E-state index is 12.5. The van der Waals surface area contributed by atoms with Crippen LogP contribution in [0.3, 0.4) is 0 Å². The summed E-state index contributed by atoms with van der Waals surface area (Å²) in [5.41, 5.74) is 2.17. The quantitative estimate of drug-likeness (QED) is 0.736. The van der Waals surface area contributed by atoms with Crippen molar-refractivity contribution in [1.82, 2.24) is 0 Å². The molecule has 0 radical (unpaired) electrons. The van der Waals surface area contributed by atoms with Crippen molar-refractivity contribution in [3.63, 3.8) is 0 Å². The van der Waals surface area contributed by atoms with E-state index in [9.17, 15) is 14.7 Å². The summed E-state index contributed by atoms with van der Waals surface area (Å²) >= 11 is 0. The van der Waals surface area contributed by atoms with Crippen molar-refractivity contribution in [1.29, 1.82) is 0 Å². The molecule has 2 aromatic carbocycles. The number of ketones is 2. The first-order chi connectivity index (χ1) is 9.52. The zero-order valence-electron chi connectivity index (χ0n) is 11.1. The van der Waals surface area contributed by atoms with Crippen LogP contribution in [-0.4, -0.2) is 23.8 Å². The maximum Gasteiger partial charge on any atom is 0.194 e. The van der Waals surface area contributed by atoms with E-state index in [0.29, 0.717) is 11.1 Å². The summed E-state index contributed by atoms with van der Waals surface area (Å²) in [6.45, 7) is 1.87. The second kappa shape index (κ2) is 4.20. The van der Waals surface area contributed by atoms with Crippen LogP contribution in [0.25, 0.3) is 0 Å². The molecule has 1 aliphatic carbocycles. The fourth-order valence-electron chi connectivity index (χ4n) is 2.44. The molecule has 0 saturated carbocycles. The fourth-order valence-corrected chi connectivity index (χ4v) is 2.44. The van der Waals surface area contributed by atoms with Gasteiger partial charge in [-0.2, -0.15) is 0 Å². The number of hydrogen-bond acceptors (Lipinski definition) is 4. The van der Waals surface area contributed by atoms with Crippen LogP contribution in [0.1, 0.15) is 37.4 Å². The normalized spacial score (nSPS) is 12.9. The van der Waals surface area contributed by atoms with Crippen LogP contribution in [0.5, 0.6) is 11.5 Å². The summed E-state index contributed by atoms with van der Waals surface area (Å²) in [5.74, 6) is -0.451. The standard InChI is InChI=1S/C16H12O4/c1-8-3-4-9-10(5-8)16(19)12-7-14(20-2)13(17)6-11(12)15(9)18/h3-7,17H,1-2H3. The zero-order chi connectivity index (χ0) is 14.4. The zero-order valence-corrected chi connectivity index (χ0v) is 11.1. The van der Waals surface area contributed by atoms with Crippen molar-refractivity contribution in [2.75, 3.05) is 7.11 Å². The number of benzene rings is 2. The molecule has 0 atom stereocenters. The Labute approximate surface area is 115 Å². The lowest BCUT2D eigenvalue weighted by atomic mass is 9.83. The molecule has 3 rings (SSSR count). The first kappa shape index (κ1) is 12.4. The Hall–Kier alpha value is -2.62. The predicted octanol–water partition coefficient (Wildman–Crippen LogP) is 2.48. The molecule has 0 amide bonds. The summed E-state index contributed by atoms with van der Waals surface area (Å²) < 4.78 is 4.99. The largest absolute Gasteiger partial charge is 0.504 e. The van der Waals surface area contributed by atoms with Gasteiger partial charge in [0.15, 0.2) is 23.1 Å². The van der Waals surface area contributed by atoms with E-state index in [1.807, 2.05) is 6.92 Å². The number of aryl methyl sites for hydroxylation is 1. The highest BCUT2D eigenvalue weighted by molar-refractivity contribution is 6.28. The third-order valence-electron chi connectivity index (χ3n) is 3.47. The smallest absolute Gasteiger partial charge is 0.194 e. The number of phenolic OH excluding ortho intramolecular Hbond substituents is 1. The molecule has 0 heterocycles. The lowest BCUT2D eigenvalue weighted by molar-refractivity contribution is 0.0978. The van der Waals surface area contributed by atoms with Gasteiger partial charge in [0.05, 0.1) is 7.11 Å². The molecule has 0 bridgehead atoms. The third kappa shape index (κ3) is 1.61. The van der Waals surface area contributed by atoms with Crippen LogP contribution in [0.15, 0.2) is 30.3 Å². The SMILES string of the molecule is COc1cc2c(cc1O)C(=O)c1ccc(C)cc1C2=O. The van der Waals surface area contributed by atoms with Crippen LogP contribution >= 0.6 is 0 Å². The van der Waals surface area contributed by atoms with Gasteiger partial charge in [-0.05, 0) is 25.1 Å². The van der Waals surface area contributed by atoms with Crippen LogP contribution in [0, 0.1) is 6.92 Å². The number of carbonyl (C=O) groups excluding carboxylic acids is 2. The Balaban J connectivity index is 2.29. The van der Waals surface area contributed by atoms with E-state index in [2.05, 4.69) is 0 Å². The second-order valence-corrected chi connectivity index (χ2v) is 4.78. The van der Waals surface area contributed by atoms with Crippen LogP contribution < -0.4 is 4.74 Å². The molecule has 1 N–H and O–H groups in total. The minimum atomic E-state index is -0.257. The van der Waals surface area contributed by atoms with Crippen LogP contribution in [-0.2, 0) is 0 Å². The average molecular weight is 268 g/mol. The molecule has 0 aliphatic heterocycles. The monoisotopic (exact) mass is 268 g/mol. The van der Waals surface area contributed by atoms with Gasteiger partial charge in [0, 0.05) is 22.3 Å². The molecular weight excluding hydrogens is 256 g/mol. The first-order valence-corrected chi connectivity index (χ1v) is 6.14. The highest BCUT2D eigenvalue weighted by Gasteiger charge is 2.31. The molecule has 100 valence electrons. The summed E-state index contributed by atoms with van der Waals surface area (Å²) in [4.78, 5) is 24.9.